The zero-order valence-corrected chi connectivity index (χ0v) is 14.6. The molecule has 3 atom stereocenters. The molecular weight excluding hydrogens is 322 g/mol. The third-order valence-electron chi connectivity index (χ3n) is 5.19. The van der Waals surface area contributed by atoms with Gasteiger partial charge in [-0.2, -0.15) is 0 Å². The van der Waals surface area contributed by atoms with Crippen LogP contribution in [0.5, 0.6) is 0 Å². The predicted octanol–water partition coefficient (Wildman–Crippen LogP) is 3.75. The minimum absolute atomic E-state index is 0.0127. The van der Waals surface area contributed by atoms with Gasteiger partial charge in [-0.15, -0.1) is 11.3 Å². The molecule has 0 unspecified atom stereocenters. The van der Waals surface area contributed by atoms with Crippen molar-refractivity contribution < 1.29 is 9.53 Å². The van der Waals surface area contributed by atoms with E-state index in [1.165, 1.54) is 0 Å². The van der Waals surface area contributed by atoms with E-state index in [0.29, 0.717) is 5.92 Å². The maximum Gasteiger partial charge on any atom is 0.319 e. The molecule has 2 fully saturated rings. The second-order valence-electron chi connectivity index (χ2n) is 7.06. The Labute approximate surface area is 145 Å². The second kappa shape index (κ2) is 5.86. The van der Waals surface area contributed by atoms with Crippen molar-refractivity contribution in [1.82, 2.24) is 10.3 Å². The first-order valence-corrected chi connectivity index (χ1v) is 9.13. The lowest BCUT2D eigenvalue weighted by Crippen LogP contribution is -2.67. The summed E-state index contributed by atoms with van der Waals surface area (Å²) in [6.45, 7) is 5.12. The van der Waals surface area contributed by atoms with E-state index in [1.807, 2.05) is 29.6 Å². The molecule has 5 nitrogen and oxygen atoms in total. The molecule has 2 amide bonds. The van der Waals surface area contributed by atoms with Crippen LogP contribution in [0.3, 0.4) is 0 Å². The Hall–Kier alpha value is -1.92. The summed E-state index contributed by atoms with van der Waals surface area (Å²) in [6.07, 6.45) is 3.08. The fraction of sp³-hybridized carbons (Fsp3) is 0.444. The maximum atomic E-state index is 12.4. The molecule has 126 valence electrons. The number of hydrogen-bond donors (Lipinski definition) is 2. The van der Waals surface area contributed by atoms with Crippen LogP contribution in [0, 0.1) is 11.3 Å². The van der Waals surface area contributed by atoms with E-state index in [-0.39, 0.29) is 23.6 Å². The third kappa shape index (κ3) is 2.59. The summed E-state index contributed by atoms with van der Waals surface area (Å²) in [7, 11) is 0. The zero-order valence-electron chi connectivity index (χ0n) is 13.8. The number of carbonyl (C=O) groups excluding carboxylic acids is 1. The number of amides is 2. The van der Waals surface area contributed by atoms with Crippen molar-refractivity contribution in [3.05, 3.63) is 35.8 Å². The van der Waals surface area contributed by atoms with Gasteiger partial charge in [0.25, 0.3) is 0 Å². The average Bonchev–Trinajstić information content (AvgIpc) is 3.23. The minimum atomic E-state index is -0.158. The van der Waals surface area contributed by atoms with Crippen LogP contribution < -0.4 is 10.6 Å². The van der Waals surface area contributed by atoms with Gasteiger partial charge < -0.3 is 15.4 Å². The Kier molecular flexibility index (Phi) is 3.81. The summed E-state index contributed by atoms with van der Waals surface area (Å²) in [5.74, 6) is 0.437. The van der Waals surface area contributed by atoms with E-state index in [1.54, 1.807) is 17.5 Å². The summed E-state index contributed by atoms with van der Waals surface area (Å²) in [4.78, 5) is 16.7. The first-order chi connectivity index (χ1) is 11.6. The van der Waals surface area contributed by atoms with Crippen molar-refractivity contribution in [1.29, 1.82) is 0 Å². The molecule has 0 radical (unpaired) electrons. The van der Waals surface area contributed by atoms with Crippen LogP contribution in [0.1, 0.15) is 20.3 Å². The molecule has 2 heterocycles. The van der Waals surface area contributed by atoms with Gasteiger partial charge in [0.15, 0.2) is 0 Å². The lowest BCUT2D eigenvalue weighted by Gasteiger charge is -2.54. The van der Waals surface area contributed by atoms with Gasteiger partial charge in [-0.3, -0.25) is 0 Å². The van der Waals surface area contributed by atoms with Crippen molar-refractivity contribution in [2.45, 2.75) is 32.4 Å². The van der Waals surface area contributed by atoms with Gasteiger partial charge in [-0.25, -0.2) is 9.78 Å². The summed E-state index contributed by atoms with van der Waals surface area (Å²) >= 11 is 1.58. The molecule has 2 aliphatic rings. The number of ether oxygens (including phenoxy) is 1. The van der Waals surface area contributed by atoms with Gasteiger partial charge in [-0.1, -0.05) is 26.0 Å². The molecule has 0 bridgehead atoms. The molecule has 4 rings (SSSR count). The fourth-order valence-corrected chi connectivity index (χ4v) is 4.66. The molecular formula is C18H21N3O2S. The van der Waals surface area contributed by atoms with Gasteiger partial charge >= 0.3 is 6.03 Å². The first kappa shape index (κ1) is 15.6. The van der Waals surface area contributed by atoms with Crippen molar-refractivity contribution in [3.8, 4) is 10.6 Å². The third-order valence-corrected chi connectivity index (χ3v) is 6.01. The van der Waals surface area contributed by atoms with Crippen LogP contribution in [0.4, 0.5) is 10.5 Å². The quantitative estimate of drug-likeness (QED) is 0.892. The lowest BCUT2D eigenvalue weighted by atomic mass is 9.57. The molecule has 2 aromatic rings. The number of nitrogens with zero attached hydrogens (tertiary/aromatic N) is 1. The number of fused-ring (bicyclic) bond motifs is 1. The molecule has 1 saturated carbocycles. The predicted molar refractivity (Wildman–Crippen MR) is 95.1 cm³/mol. The maximum absolute atomic E-state index is 12.4. The number of benzene rings is 1. The number of urea groups is 1. The van der Waals surface area contributed by atoms with Gasteiger partial charge in [0.1, 0.15) is 5.01 Å². The van der Waals surface area contributed by atoms with Crippen LogP contribution in [0.15, 0.2) is 35.8 Å². The van der Waals surface area contributed by atoms with E-state index in [2.05, 4.69) is 29.5 Å². The van der Waals surface area contributed by atoms with E-state index in [4.69, 9.17) is 4.74 Å². The van der Waals surface area contributed by atoms with Crippen molar-refractivity contribution in [3.63, 3.8) is 0 Å². The summed E-state index contributed by atoms with van der Waals surface area (Å²) < 4.78 is 5.78. The average molecular weight is 343 g/mol. The SMILES string of the molecule is CC1(C)[C@H](NC(=O)Nc2cccc(-c3nccs3)c2)[C@@H]2CCO[C@H]21. The summed E-state index contributed by atoms with van der Waals surface area (Å²) in [5.41, 5.74) is 1.77. The molecule has 1 aliphatic heterocycles. The van der Waals surface area contributed by atoms with Gasteiger partial charge in [0.2, 0.25) is 0 Å². The van der Waals surface area contributed by atoms with Crippen LogP contribution >= 0.6 is 11.3 Å². The summed E-state index contributed by atoms with van der Waals surface area (Å²) in [6, 6.07) is 7.77. The molecule has 2 N–H and O–H groups in total. The van der Waals surface area contributed by atoms with E-state index in [9.17, 15) is 4.79 Å². The monoisotopic (exact) mass is 343 g/mol. The van der Waals surface area contributed by atoms with Crippen LogP contribution in [0.2, 0.25) is 0 Å². The fourth-order valence-electron chi connectivity index (χ4n) is 4.02. The van der Waals surface area contributed by atoms with Gasteiger partial charge in [-0.05, 0) is 18.6 Å². The topological polar surface area (TPSA) is 63.2 Å². The standard InChI is InChI=1S/C18H21N3O2S/c1-18(2)14(13-6-8-23-15(13)18)21-17(22)20-12-5-3-4-11(10-12)16-19-7-9-24-16/h3-5,7,9-10,13-15H,6,8H2,1-2H3,(H2,20,21,22)/t13-,14+,15+/m0/s1. The zero-order chi connectivity index (χ0) is 16.7. The molecule has 1 aromatic carbocycles. The van der Waals surface area contributed by atoms with Gasteiger partial charge in [0, 0.05) is 46.8 Å². The minimum Gasteiger partial charge on any atom is -0.377 e. The van der Waals surface area contributed by atoms with Crippen LogP contribution in [-0.2, 0) is 4.74 Å². The number of anilines is 1. The second-order valence-corrected chi connectivity index (χ2v) is 7.95. The Morgan fingerprint density at radius 1 is 1.42 bits per heavy atom. The Morgan fingerprint density at radius 2 is 2.29 bits per heavy atom. The first-order valence-electron chi connectivity index (χ1n) is 8.25. The number of carbonyl (C=O) groups is 1. The highest BCUT2D eigenvalue weighted by Gasteiger charge is 2.59. The lowest BCUT2D eigenvalue weighted by molar-refractivity contribution is -0.107. The van der Waals surface area contributed by atoms with E-state index < -0.39 is 0 Å². The van der Waals surface area contributed by atoms with E-state index in [0.717, 1.165) is 29.3 Å². The molecule has 1 aliphatic carbocycles. The normalized spacial score (nSPS) is 27.2. The van der Waals surface area contributed by atoms with Crippen LogP contribution in [0.25, 0.3) is 10.6 Å². The van der Waals surface area contributed by atoms with Crippen molar-refractivity contribution in [2.75, 3.05) is 11.9 Å². The molecule has 1 aromatic heterocycles. The number of hydrogen-bond acceptors (Lipinski definition) is 4. The summed E-state index contributed by atoms with van der Waals surface area (Å²) in [5, 5.41) is 8.98. The Balaban J connectivity index is 1.43. The molecule has 6 heteroatoms. The number of rotatable bonds is 3. The highest BCUT2D eigenvalue weighted by Crippen LogP contribution is 2.52. The number of thiazole rings is 1. The number of aromatic nitrogens is 1. The van der Waals surface area contributed by atoms with Gasteiger partial charge in [0.05, 0.1) is 6.10 Å². The van der Waals surface area contributed by atoms with Crippen molar-refractivity contribution in [2.24, 2.45) is 11.3 Å². The van der Waals surface area contributed by atoms with E-state index >= 15 is 0 Å². The smallest absolute Gasteiger partial charge is 0.319 e. The highest BCUT2D eigenvalue weighted by molar-refractivity contribution is 7.13. The Bertz CT molecular complexity index is 744. The van der Waals surface area contributed by atoms with Crippen molar-refractivity contribution >= 4 is 23.1 Å². The molecule has 24 heavy (non-hydrogen) atoms. The van der Waals surface area contributed by atoms with Crippen LogP contribution in [-0.4, -0.2) is 29.8 Å². The molecule has 1 saturated heterocycles. The number of nitrogens with one attached hydrogen (secondary N) is 2. The highest BCUT2D eigenvalue weighted by atomic mass is 32.1. The Morgan fingerprint density at radius 3 is 3.08 bits per heavy atom. The largest absolute Gasteiger partial charge is 0.377 e. The molecule has 0 spiro atoms.